The monoisotopic (exact) mass is 353 g/mol. The van der Waals surface area contributed by atoms with E-state index in [-0.39, 0.29) is 17.1 Å². The molecule has 1 N–H and O–H groups in total. The Morgan fingerprint density at radius 3 is 2.04 bits per heavy atom. The van der Waals surface area contributed by atoms with Crippen LogP contribution in [0.2, 0.25) is 5.02 Å². The Bertz CT molecular complexity index is 773. The number of hydrogen-bond donors (Lipinski definition) is 1. The molecule has 2 aromatic carbocycles. The van der Waals surface area contributed by atoms with E-state index in [2.05, 4.69) is 0 Å². The standard InChI is InChI=1S/C16H16ClNO4S/c1-12(18(20)11-19)10-23(21,22)16-8-4-14(5-9-16)13-2-6-15(17)7-3-13/h2-9,11-12,20H,10H2,1H3. The van der Waals surface area contributed by atoms with Crippen LogP contribution in [0.25, 0.3) is 11.1 Å². The summed E-state index contributed by atoms with van der Waals surface area (Å²) in [5.74, 6) is -0.359. The van der Waals surface area contributed by atoms with Gasteiger partial charge in [0, 0.05) is 5.02 Å². The number of halogens is 1. The van der Waals surface area contributed by atoms with Gasteiger partial charge in [-0.1, -0.05) is 35.9 Å². The molecule has 1 atom stereocenters. The highest BCUT2D eigenvalue weighted by Gasteiger charge is 2.21. The van der Waals surface area contributed by atoms with Crippen LogP contribution >= 0.6 is 11.6 Å². The minimum Gasteiger partial charge on any atom is -0.286 e. The third-order valence-corrected chi connectivity index (χ3v) is 5.57. The summed E-state index contributed by atoms with van der Waals surface area (Å²) >= 11 is 5.84. The van der Waals surface area contributed by atoms with Gasteiger partial charge < -0.3 is 0 Å². The normalized spacial score (nSPS) is 12.7. The van der Waals surface area contributed by atoms with Crippen LogP contribution in [0.5, 0.6) is 0 Å². The largest absolute Gasteiger partial charge is 0.286 e. The van der Waals surface area contributed by atoms with Gasteiger partial charge in [-0.15, -0.1) is 0 Å². The molecule has 2 rings (SSSR count). The quantitative estimate of drug-likeness (QED) is 0.492. The van der Waals surface area contributed by atoms with Crippen LogP contribution in [-0.2, 0) is 14.6 Å². The van der Waals surface area contributed by atoms with Crippen molar-refractivity contribution in [3.63, 3.8) is 0 Å². The second-order valence-corrected chi connectivity index (χ2v) is 7.62. The number of carbonyl (C=O) groups excluding carboxylic acids is 1. The lowest BCUT2D eigenvalue weighted by molar-refractivity contribution is -0.156. The molecule has 0 spiro atoms. The highest BCUT2D eigenvalue weighted by Crippen LogP contribution is 2.23. The first-order valence-electron chi connectivity index (χ1n) is 6.85. The van der Waals surface area contributed by atoms with Gasteiger partial charge in [0.05, 0.1) is 16.7 Å². The van der Waals surface area contributed by atoms with Crippen molar-refractivity contribution in [2.24, 2.45) is 0 Å². The maximum absolute atomic E-state index is 12.3. The average Bonchev–Trinajstić information content (AvgIpc) is 2.54. The molecule has 0 saturated carbocycles. The van der Waals surface area contributed by atoms with E-state index >= 15 is 0 Å². The molecule has 0 saturated heterocycles. The molecule has 0 heterocycles. The molecule has 0 bridgehead atoms. The van der Waals surface area contributed by atoms with Gasteiger partial charge in [0.2, 0.25) is 6.41 Å². The van der Waals surface area contributed by atoms with Crippen LogP contribution in [0.15, 0.2) is 53.4 Å². The fourth-order valence-electron chi connectivity index (χ4n) is 2.09. The molecule has 2 aromatic rings. The molecule has 122 valence electrons. The van der Waals surface area contributed by atoms with Gasteiger partial charge in [0.25, 0.3) is 0 Å². The summed E-state index contributed by atoms with van der Waals surface area (Å²) < 4.78 is 24.6. The van der Waals surface area contributed by atoms with Crippen molar-refractivity contribution >= 4 is 27.8 Å². The molecule has 7 heteroatoms. The number of nitrogens with zero attached hydrogens (tertiary/aromatic N) is 1. The Hall–Kier alpha value is -1.89. The number of hydroxylamine groups is 2. The molecular weight excluding hydrogens is 338 g/mol. The van der Waals surface area contributed by atoms with Gasteiger partial charge in [-0.2, -0.15) is 0 Å². The smallest absolute Gasteiger partial charge is 0.233 e. The van der Waals surface area contributed by atoms with Gasteiger partial charge in [-0.05, 0) is 42.3 Å². The van der Waals surface area contributed by atoms with Crippen LogP contribution in [0, 0.1) is 0 Å². The second kappa shape index (κ2) is 7.12. The molecule has 1 unspecified atom stereocenters. The Labute approximate surface area is 140 Å². The summed E-state index contributed by atoms with van der Waals surface area (Å²) in [6.45, 7) is 1.45. The summed E-state index contributed by atoms with van der Waals surface area (Å²) in [4.78, 5) is 10.6. The molecule has 0 aliphatic rings. The summed E-state index contributed by atoms with van der Waals surface area (Å²) in [5.41, 5.74) is 1.79. The van der Waals surface area contributed by atoms with Crippen molar-refractivity contribution in [3.05, 3.63) is 53.6 Å². The van der Waals surface area contributed by atoms with Crippen LogP contribution in [0.4, 0.5) is 0 Å². The predicted molar refractivity (Wildman–Crippen MR) is 88.1 cm³/mol. The minimum absolute atomic E-state index is 0.140. The Morgan fingerprint density at radius 1 is 1.09 bits per heavy atom. The third kappa shape index (κ3) is 4.31. The number of sulfone groups is 1. The van der Waals surface area contributed by atoms with Crippen LogP contribution < -0.4 is 0 Å². The first-order valence-corrected chi connectivity index (χ1v) is 8.88. The van der Waals surface area contributed by atoms with E-state index in [1.165, 1.54) is 19.1 Å². The lowest BCUT2D eigenvalue weighted by Crippen LogP contribution is -2.34. The van der Waals surface area contributed by atoms with E-state index in [4.69, 9.17) is 11.6 Å². The number of hydrogen-bond acceptors (Lipinski definition) is 4. The highest BCUT2D eigenvalue weighted by atomic mass is 35.5. The van der Waals surface area contributed by atoms with Crippen molar-refractivity contribution in [2.75, 3.05) is 5.75 Å². The van der Waals surface area contributed by atoms with Crippen molar-refractivity contribution in [2.45, 2.75) is 17.9 Å². The lowest BCUT2D eigenvalue weighted by atomic mass is 10.1. The Balaban J connectivity index is 2.21. The van der Waals surface area contributed by atoms with Gasteiger partial charge in [-0.3, -0.25) is 10.0 Å². The van der Waals surface area contributed by atoms with Gasteiger partial charge in [-0.25, -0.2) is 13.5 Å². The van der Waals surface area contributed by atoms with Crippen LogP contribution in [-0.4, -0.2) is 36.9 Å². The van der Waals surface area contributed by atoms with Crippen LogP contribution in [0.1, 0.15) is 6.92 Å². The number of rotatable bonds is 6. The molecule has 23 heavy (non-hydrogen) atoms. The summed E-state index contributed by atoms with van der Waals surface area (Å²) in [5, 5.41) is 10.2. The van der Waals surface area contributed by atoms with Crippen molar-refractivity contribution in [1.29, 1.82) is 0 Å². The topological polar surface area (TPSA) is 74.7 Å². The first-order chi connectivity index (χ1) is 10.8. The summed E-state index contributed by atoms with van der Waals surface area (Å²) in [6, 6.07) is 12.8. The number of carbonyl (C=O) groups is 1. The average molecular weight is 354 g/mol. The fraction of sp³-hybridized carbons (Fsp3) is 0.188. The SMILES string of the molecule is CC(CS(=O)(=O)c1ccc(-c2ccc(Cl)cc2)cc1)N(O)C=O. The number of amides is 1. The van der Waals surface area contributed by atoms with E-state index in [9.17, 15) is 18.4 Å². The number of benzene rings is 2. The highest BCUT2D eigenvalue weighted by molar-refractivity contribution is 7.91. The van der Waals surface area contributed by atoms with E-state index < -0.39 is 15.9 Å². The zero-order valence-corrected chi connectivity index (χ0v) is 14.0. The molecule has 0 aliphatic carbocycles. The van der Waals surface area contributed by atoms with Crippen molar-refractivity contribution in [3.8, 4) is 11.1 Å². The summed E-state index contributed by atoms with van der Waals surface area (Å²) in [6.07, 6.45) is 0.184. The van der Waals surface area contributed by atoms with Gasteiger partial charge in [0.15, 0.2) is 9.84 Å². The van der Waals surface area contributed by atoms with Gasteiger partial charge in [0.1, 0.15) is 0 Å². The second-order valence-electron chi connectivity index (χ2n) is 5.15. The molecule has 0 aromatic heterocycles. The minimum atomic E-state index is -3.60. The van der Waals surface area contributed by atoms with E-state index in [0.717, 1.165) is 11.1 Å². The lowest BCUT2D eigenvalue weighted by Gasteiger charge is -2.17. The van der Waals surface area contributed by atoms with Crippen molar-refractivity contribution < 1.29 is 18.4 Å². The Morgan fingerprint density at radius 2 is 1.57 bits per heavy atom. The molecular formula is C16H16ClNO4S. The summed E-state index contributed by atoms with van der Waals surface area (Å²) in [7, 11) is -3.60. The molecule has 5 nitrogen and oxygen atoms in total. The maximum atomic E-state index is 12.3. The molecule has 1 amide bonds. The fourth-order valence-corrected chi connectivity index (χ4v) is 3.75. The van der Waals surface area contributed by atoms with E-state index in [1.807, 2.05) is 12.1 Å². The van der Waals surface area contributed by atoms with Gasteiger partial charge >= 0.3 is 0 Å². The Kier molecular flexibility index (Phi) is 5.41. The molecule has 0 radical (unpaired) electrons. The molecule has 0 fully saturated rings. The maximum Gasteiger partial charge on any atom is 0.233 e. The van der Waals surface area contributed by atoms with Crippen molar-refractivity contribution in [1.82, 2.24) is 5.06 Å². The van der Waals surface area contributed by atoms with E-state index in [1.54, 1.807) is 24.3 Å². The van der Waals surface area contributed by atoms with Crippen LogP contribution in [0.3, 0.4) is 0 Å². The zero-order chi connectivity index (χ0) is 17.0. The zero-order valence-electron chi connectivity index (χ0n) is 12.4. The first kappa shape index (κ1) is 17.5. The molecule has 0 aliphatic heterocycles. The third-order valence-electron chi connectivity index (χ3n) is 3.41. The predicted octanol–water partition coefficient (Wildman–Crippen LogP) is 3.02. The van der Waals surface area contributed by atoms with E-state index in [0.29, 0.717) is 10.1 Å².